The Balaban J connectivity index is 0.860. The zero-order valence-electron chi connectivity index (χ0n) is 50.7. The first-order valence-corrected chi connectivity index (χ1v) is 32.0. The second-order valence-electron chi connectivity index (χ2n) is 25.9. The molecule has 1 heterocycles. The average Bonchev–Trinajstić information content (AvgIpc) is 2.02. The molecule has 0 saturated heterocycles. The van der Waals surface area contributed by atoms with Gasteiger partial charge in [0.1, 0.15) is 5.75 Å². The van der Waals surface area contributed by atoms with E-state index < -0.39 is 0 Å². The van der Waals surface area contributed by atoms with Crippen LogP contribution in [0, 0.1) is 5.92 Å². The van der Waals surface area contributed by atoms with Gasteiger partial charge in [-0.05, 0) is 216 Å². The van der Waals surface area contributed by atoms with E-state index in [0.29, 0.717) is 23.8 Å². The van der Waals surface area contributed by atoms with Crippen molar-refractivity contribution in [2.75, 3.05) is 9.80 Å². The summed E-state index contributed by atoms with van der Waals surface area (Å²) in [4.78, 5) is 5.16. The van der Waals surface area contributed by atoms with Gasteiger partial charge >= 0.3 is 0 Å². The fraction of sp³-hybridized carbons (Fsp3) is 0.293. The molecular formula is C82H84N2O. The van der Waals surface area contributed by atoms with Crippen LogP contribution in [0.3, 0.4) is 0 Å². The highest BCUT2D eigenvalue weighted by Gasteiger charge is 2.52. The van der Waals surface area contributed by atoms with Gasteiger partial charge in [0.05, 0.1) is 12.1 Å². The van der Waals surface area contributed by atoms with Crippen molar-refractivity contribution in [1.29, 1.82) is 0 Å². The van der Waals surface area contributed by atoms with Crippen LogP contribution in [-0.4, -0.2) is 12.1 Å². The third kappa shape index (κ3) is 11.0. The largest absolute Gasteiger partial charge is 0.490 e. The lowest BCUT2D eigenvalue weighted by molar-refractivity contribution is 0.180. The number of hydrogen-bond donors (Lipinski definition) is 0. The second kappa shape index (κ2) is 24.1. The molecule has 3 nitrogen and oxygen atoms in total. The monoisotopic (exact) mass is 1110 g/mol. The van der Waals surface area contributed by atoms with Gasteiger partial charge in [0.2, 0.25) is 0 Å². The highest BCUT2D eigenvalue weighted by molar-refractivity contribution is 5.83. The van der Waals surface area contributed by atoms with Gasteiger partial charge in [-0.15, -0.1) is 0 Å². The molecule has 0 radical (unpaired) electrons. The fourth-order valence-electron chi connectivity index (χ4n) is 15.3. The van der Waals surface area contributed by atoms with E-state index in [9.17, 15) is 0 Å². The van der Waals surface area contributed by atoms with Crippen LogP contribution in [0.25, 0.3) is 28.3 Å². The lowest BCUT2D eigenvalue weighted by Gasteiger charge is -2.42. The minimum atomic E-state index is -0.101. The number of benzene rings is 6. The predicted octanol–water partition coefficient (Wildman–Crippen LogP) is 22.3. The van der Waals surface area contributed by atoms with Gasteiger partial charge in [-0.1, -0.05) is 211 Å². The van der Waals surface area contributed by atoms with Crippen LogP contribution in [0.1, 0.15) is 151 Å². The topological polar surface area (TPSA) is 15.7 Å². The molecule has 6 unspecified atom stereocenters. The first-order valence-electron chi connectivity index (χ1n) is 32.0. The molecule has 6 atom stereocenters. The zero-order chi connectivity index (χ0) is 58.1. The van der Waals surface area contributed by atoms with Crippen LogP contribution < -0.4 is 14.5 Å². The van der Waals surface area contributed by atoms with E-state index in [0.717, 1.165) is 93.3 Å². The van der Waals surface area contributed by atoms with E-state index >= 15 is 0 Å². The van der Waals surface area contributed by atoms with Gasteiger partial charge in [-0.2, -0.15) is 0 Å². The van der Waals surface area contributed by atoms with Crippen molar-refractivity contribution < 1.29 is 4.74 Å². The molecule has 6 aromatic carbocycles. The number of nitrogens with zero attached hydrogens (tertiary/aromatic N) is 2. The molecule has 7 aliphatic rings. The molecule has 428 valence electrons. The molecule has 6 aliphatic carbocycles. The van der Waals surface area contributed by atoms with Crippen LogP contribution >= 0.6 is 0 Å². The minimum Gasteiger partial charge on any atom is -0.490 e. The Hall–Kier alpha value is -8.14. The first-order chi connectivity index (χ1) is 41.6. The third-order valence-electron chi connectivity index (χ3n) is 19.9. The van der Waals surface area contributed by atoms with Crippen LogP contribution in [0.5, 0.6) is 5.75 Å². The molecule has 85 heavy (non-hydrogen) atoms. The van der Waals surface area contributed by atoms with Crippen molar-refractivity contribution in [3.63, 3.8) is 0 Å². The maximum atomic E-state index is 6.63. The summed E-state index contributed by atoms with van der Waals surface area (Å²) >= 11 is 0. The summed E-state index contributed by atoms with van der Waals surface area (Å²) in [6.07, 6.45) is 49.4. The number of ether oxygens (including phenoxy) is 1. The highest BCUT2D eigenvalue weighted by Crippen LogP contribution is 2.61. The zero-order valence-corrected chi connectivity index (χ0v) is 50.7. The average molecular weight is 1110 g/mol. The van der Waals surface area contributed by atoms with Crippen molar-refractivity contribution in [3.05, 3.63) is 287 Å². The smallest absolute Gasteiger partial charge is 0.119 e. The summed E-state index contributed by atoms with van der Waals surface area (Å²) in [6, 6.07) is 51.5. The third-order valence-corrected chi connectivity index (χ3v) is 19.9. The molecule has 0 fully saturated rings. The van der Waals surface area contributed by atoms with Crippen molar-refractivity contribution >= 4 is 28.8 Å². The van der Waals surface area contributed by atoms with Gasteiger partial charge in [0.25, 0.3) is 0 Å². The lowest BCUT2D eigenvalue weighted by Crippen LogP contribution is -2.35. The molecule has 13 rings (SSSR count). The summed E-state index contributed by atoms with van der Waals surface area (Å²) in [6.45, 7) is 17.1. The number of allylic oxidation sites excluding steroid dienone is 17. The van der Waals surface area contributed by atoms with E-state index in [4.69, 9.17) is 4.74 Å². The summed E-state index contributed by atoms with van der Waals surface area (Å²) in [5.41, 5.74) is 24.0. The molecule has 0 bridgehead atoms. The predicted molar refractivity (Wildman–Crippen MR) is 361 cm³/mol. The van der Waals surface area contributed by atoms with Crippen molar-refractivity contribution in [3.8, 4) is 28.0 Å². The maximum absolute atomic E-state index is 6.63. The van der Waals surface area contributed by atoms with Crippen LogP contribution in [-0.2, 0) is 10.8 Å². The number of unbranched alkanes of at least 4 members (excludes halogenated alkanes) is 1. The fourth-order valence-corrected chi connectivity index (χ4v) is 15.3. The van der Waals surface area contributed by atoms with E-state index in [1.165, 1.54) is 91.1 Å². The molecule has 0 aromatic heterocycles. The Kier molecular flexibility index (Phi) is 15.9. The Bertz CT molecular complexity index is 3770. The van der Waals surface area contributed by atoms with Crippen LogP contribution in [0.4, 0.5) is 22.7 Å². The summed E-state index contributed by atoms with van der Waals surface area (Å²) < 4.78 is 6.63. The van der Waals surface area contributed by atoms with Crippen LogP contribution in [0.2, 0.25) is 0 Å². The summed E-state index contributed by atoms with van der Waals surface area (Å²) in [5.74, 6) is 1.95. The van der Waals surface area contributed by atoms with Gasteiger partial charge in [0, 0.05) is 51.6 Å². The number of anilines is 4. The van der Waals surface area contributed by atoms with Gasteiger partial charge in [0.15, 0.2) is 0 Å². The number of rotatable bonds is 18. The minimum absolute atomic E-state index is 0.0986. The molecule has 6 aromatic rings. The summed E-state index contributed by atoms with van der Waals surface area (Å²) in [7, 11) is 0. The Morgan fingerprint density at radius 1 is 0.659 bits per heavy atom. The van der Waals surface area contributed by atoms with Gasteiger partial charge in [-0.3, -0.25) is 0 Å². The number of fused-ring (bicyclic) bond motifs is 6. The lowest BCUT2D eigenvalue weighted by atomic mass is 9.62. The molecule has 0 saturated carbocycles. The van der Waals surface area contributed by atoms with Gasteiger partial charge < -0.3 is 14.5 Å². The van der Waals surface area contributed by atoms with Crippen molar-refractivity contribution in [2.45, 2.75) is 146 Å². The Morgan fingerprint density at radius 2 is 1.36 bits per heavy atom. The molecule has 0 spiro atoms. The quantitative estimate of drug-likeness (QED) is 0.0630. The molecule has 1 aliphatic heterocycles. The number of hydrogen-bond acceptors (Lipinski definition) is 3. The Morgan fingerprint density at radius 3 is 2.04 bits per heavy atom. The first kappa shape index (κ1) is 56.0. The van der Waals surface area contributed by atoms with Crippen molar-refractivity contribution in [1.82, 2.24) is 0 Å². The molecule has 0 amide bonds. The normalized spacial score (nSPS) is 22.2. The van der Waals surface area contributed by atoms with E-state index in [1.54, 1.807) is 5.57 Å². The Labute approximate surface area is 508 Å². The maximum Gasteiger partial charge on any atom is 0.119 e. The second-order valence-corrected chi connectivity index (χ2v) is 25.9. The van der Waals surface area contributed by atoms with Crippen molar-refractivity contribution in [2.24, 2.45) is 5.92 Å². The standard InChI is InChI=1S/C82H84N2O/c1-7-57-27-31-61(32-28-57)63-39-51-79-75(54-63)76-55-64(40-52-80(76)84(79)67-22-14-11-15-23-67)62-37-45-69(46-38-62)83(68-43-35-60(36-44-68)59-33-41-65(42-34-59)81(4,5)6)70-47-50-74-73-25-16-17-26-77(73)82(78(74)56-70,66-20-12-10-13-21-66)53-19-18-24-71(9-3)85-72-48-29-58(8-2)30-49-72/h7-8,11,14-17,20,22,25-27,29-31,33-52,55-56,67,71,73,75,77H,1-2,9-10,12-13,18-19,21,23-24,28,32,53-54H2,3-6H3. The molecular weight excluding hydrogens is 1030 g/mol. The van der Waals surface area contributed by atoms with E-state index in [-0.39, 0.29) is 16.9 Å². The van der Waals surface area contributed by atoms with Crippen LogP contribution in [0.15, 0.2) is 260 Å². The SMILES string of the molecule is C=CC1=CC=C(C2=CC=C3C(C2)c2cc(-c4ccc(N(c5ccc(-c6ccc(C(C)(C)C)cc6)cc5)c5ccc6c(c5)C(CCCCC(CC)Oc5ccc(C=C)cc5)(C5=CCCCC5)C5C=CC=CC65)cc4)ccc2N3C2C=CC=CC2)CC1. The van der Waals surface area contributed by atoms with E-state index in [1.807, 2.05) is 12.2 Å². The highest BCUT2D eigenvalue weighted by atomic mass is 16.5. The van der Waals surface area contributed by atoms with E-state index in [2.05, 4.69) is 263 Å². The van der Waals surface area contributed by atoms with Gasteiger partial charge in [-0.25, -0.2) is 0 Å². The molecule has 0 N–H and O–H groups in total. The molecule has 3 heteroatoms. The summed E-state index contributed by atoms with van der Waals surface area (Å²) in [5, 5.41) is 0.